The molecule has 1 atom stereocenters. The number of fused-ring (bicyclic) bond motifs is 1. The lowest BCUT2D eigenvalue weighted by Crippen LogP contribution is -2.24. The second kappa shape index (κ2) is 5.83. The Morgan fingerprint density at radius 2 is 2.00 bits per heavy atom. The highest BCUT2D eigenvalue weighted by Crippen LogP contribution is 2.25. The van der Waals surface area contributed by atoms with E-state index in [-0.39, 0.29) is 18.2 Å². The van der Waals surface area contributed by atoms with Crippen LogP contribution in [0.1, 0.15) is 36.3 Å². The molecule has 1 unspecified atom stereocenters. The van der Waals surface area contributed by atoms with Crippen molar-refractivity contribution < 1.29 is 9.59 Å². The lowest BCUT2D eigenvalue weighted by Gasteiger charge is -2.11. The average Bonchev–Trinajstić information content (AvgIpc) is 2.97. The molecule has 120 valence electrons. The standard InChI is InChI=1S/C16H19N5O2/c1-4-13-18-16-19-15(23)12(21(16)20-13)8-14(22)17-11-6-9(2)5-10(3)7-11/h5-7,12H,4,8H2,1-3H3,(H,17,22)(H,18,19,20,23). The summed E-state index contributed by atoms with van der Waals surface area (Å²) in [6.45, 7) is 5.89. The van der Waals surface area contributed by atoms with E-state index in [9.17, 15) is 9.59 Å². The first-order chi connectivity index (χ1) is 11.0. The molecule has 1 aliphatic rings. The van der Waals surface area contributed by atoms with E-state index < -0.39 is 6.04 Å². The van der Waals surface area contributed by atoms with Crippen LogP contribution in [0.25, 0.3) is 0 Å². The van der Waals surface area contributed by atoms with Gasteiger partial charge in [0.2, 0.25) is 11.9 Å². The van der Waals surface area contributed by atoms with Crippen LogP contribution in [0, 0.1) is 13.8 Å². The molecule has 2 heterocycles. The summed E-state index contributed by atoms with van der Waals surface area (Å²) >= 11 is 0. The van der Waals surface area contributed by atoms with Gasteiger partial charge in [-0.25, -0.2) is 4.68 Å². The number of aryl methyl sites for hydroxylation is 3. The zero-order valence-corrected chi connectivity index (χ0v) is 13.4. The summed E-state index contributed by atoms with van der Waals surface area (Å²) in [5.74, 6) is 0.588. The third-order valence-corrected chi connectivity index (χ3v) is 3.71. The minimum Gasteiger partial charge on any atom is -0.326 e. The first-order valence-corrected chi connectivity index (χ1v) is 7.60. The fourth-order valence-corrected chi connectivity index (χ4v) is 2.74. The van der Waals surface area contributed by atoms with Crippen molar-refractivity contribution in [2.45, 2.75) is 39.7 Å². The number of hydrogen-bond donors (Lipinski definition) is 2. The summed E-state index contributed by atoms with van der Waals surface area (Å²) in [4.78, 5) is 28.5. The molecule has 7 nitrogen and oxygen atoms in total. The quantitative estimate of drug-likeness (QED) is 0.903. The van der Waals surface area contributed by atoms with E-state index in [0.29, 0.717) is 18.2 Å². The molecule has 0 bridgehead atoms. The van der Waals surface area contributed by atoms with Crippen molar-refractivity contribution in [3.05, 3.63) is 35.2 Å². The number of rotatable bonds is 4. The highest BCUT2D eigenvalue weighted by molar-refractivity contribution is 6.00. The Labute approximate surface area is 134 Å². The molecule has 2 aromatic rings. The maximum absolute atomic E-state index is 12.3. The molecule has 1 aromatic carbocycles. The maximum atomic E-state index is 12.3. The van der Waals surface area contributed by atoms with Gasteiger partial charge < -0.3 is 5.32 Å². The number of aromatic nitrogens is 3. The molecule has 0 aliphatic carbocycles. The lowest BCUT2D eigenvalue weighted by molar-refractivity contribution is -0.123. The number of anilines is 2. The zero-order valence-electron chi connectivity index (χ0n) is 13.4. The zero-order chi connectivity index (χ0) is 16.6. The Hall–Kier alpha value is -2.70. The summed E-state index contributed by atoms with van der Waals surface area (Å²) in [5, 5.41) is 9.77. The van der Waals surface area contributed by atoms with Crippen LogP contribution in [0.4, 0.5) is 11.6 Å². The molecular weight excluding hydrogens is 294 g/mol. The predicted molar refractivity (Wildman–Crippen MR) is 86.2 cm³/mol. The summed E-state index contributed by atoms with van der Waals surface area (Å²) in [6, 6.07) is 5.18. The maximum Gasteiger partial charge on any atom is 0.252 e. The van der Waals surface area contributed by atoms with Crippen LogP contribution in [0.3, 0.4) is 0 Å². The molecule has 0 fully saturated rings. The van der Waals surface area contributed by atoms with Crippen molar-refractivity contribution in [3.63, 3.8) is 0 Å². The van der Waals surface area contributed by atoms with Gasteiger partial charge in [0, 0.05) is 12.1 Å². The van der Waals surface area contributed by atoms with Gasteiger partial charge in [-0.05, 0) is 37.1 Å². The molecule has 0 radical (unpaired) electrons. The molecule has 2 amide bonds. The van der Waals surface area contributed by atoms with E-state index in [1.54, 1.807) is 0 Å². The second-order valence-corrected chi connectivity index (χ2v) is 5.78. The summed E-state index contributed by atoms with van der Waals surface area (Å²) in [6.07, 6.45) is 0.704. The Morgan fingerprint density at radius 3 is 2.65 bits per heavy atom. The van der Waals surface area contributed by atoms with Gasteiger partial charge in [0.05, 0.1) is 6.42 Å². The largest absolute Gasteiger partial charge is 0.326 e. The Balaban J connectivity index is 1.73. The fourth-order valence-electron chi connectivity index (χ4n) is 2.74. The number of hydrogen-bond acceptors (Lipinski definition) is 4. The van der Waals surface area contributed by atoms with E-state index in [0.717, 1.165) is 16.8 Å². The van der Waals surface area contributed by atoms with Gasteiger partial charge in [-0.3, -0.25) is 14.9 Å². The highest BCUT2D eigenvalue weighted by atomic mass is 16.2. The molecule has 0 saturated carbocycles. The first-order valence-electron chi connectivity index (χ1n) is 7.60. The number of carbonyl (C=O) groups excluding carboxylic acids is 2. The monoisotopic (exact) mass is 313 g/mol. The molecule has 1 aliphatic heterocycles. The molecule has 1 aromatic heterocycles. The van der Waals surface area contributed by atoms with E-state index in [2.05, 4.69) is 20.7 Å². The predicted octanol–water partition coefficient (Wildman–Crippen LogP) is 1.98. The first kappa shape index (κ1) is 15.2. The summed E-state index contributed by atoms with van der Waals surface area (Å²) < 4.78 is 1.50. The molecular formula is C16H19N5O2. The number of nitrogens with zero attached hydrogens (tertiary/aromatic N) is 3. The smallest absolute Gasteiger partial charge is 0.252 e. The van der Waals surface area contributed by atoms with Gasteiger partial charge in [0.25, 0.3) is 5.91 Å². The van der Waals surface area contributed by atoms with Gasteiger partial charge in [-0.2, -0.15) is 10.1 Å². The third kappa shape index (κ3) is 3.08. The van der Waals surface area contributed by atoms with E-state index in [1.165, 1.54) is 4.68 Å². The van der Waals surface area contributed by atoms with Crippen molar-refractivity contribution in [1.82, 2.24) is 14.8 Å². The van der Waals surface area contributed by atoms with Crippen LogP contribution in [0.2, 0.25) is 0 Å². The van der Waals surface area contributed by atoms with E-state index in [1.807, 2.05) is 39.0 Å². The number of amides is 2. The Bertz CT molecular complexity index is 761. The summed E-state index contributed by atoms with van der Waals surface area (Å²) in [5.41, 5.74) is 2.88. The number of benzene rings is 1. The van der Waals surface area contributed by atoms with Gasteiger partial charge in [0.15, 0.2) is 5.82 Å². The average molecular weight is 313 g/mol. The van der Waals surface area contributed by atoms with Crippen molar-refractivity contribution in [1.29, 1.82) is 0 Å². The SMILES string of the molecule is CCc1nc2n(n1)C(CC(=O)Nc1cc(C)cc(C)c1)C(=O)N2. The minimum absolute atomic E-state index is 0.0261. The molecule has 0 spiro atoms. The van der Waals surface area contributed by atoms with E-state index >= 15 is 0 Å². The van der Waals surface area contributed by atoms with Crippen LogP contribution in [0.15, 0.2) is 18.2 Å². The van der Waals surface area contributed by atoms with Gasteiger partial charge in [0.1, 0.15) is 6.04 Å². The van der Waals surface area contributed by atoms with Gasteiger partial charge in [-0.15, -0.1) is 0 Å². The molecule has 7 heteroatoms. The third-order valence-electron chi connectivity index (χ3n) is 3.71. The molecule has 23 heavy (non-hydrogen) atoms. The number of carbonyl (C=O) groups is 2. The van der Waals surface area contributed by atoms with Crippen LogP contribution < -0.4 is 10.6 Å². The fraction of sp³-hybridized carbons (Fsp3) is 0.375. The van der Waals surface area contributed by atoms with Gasteiger partial charge >= 0.3 is 0 Å². The lowest BCUT2D eigenvalue weighted by atomic mass is 10.1. The second-order valence-electron chi connectivity index (χ2n) is 5.78. The number of nitrogens with one attached hydrogen (secondary N) is 2. The Kier molecular flexibility index (Phi) is 3.85. The van der Waals surface area contributed by atoms with E-state index in [4.69, 9.17) is 0 Å². The van der Waals surface area contributed by atoms with Crippen LogP contribution >= 0.6 is 0 Å². The van der Waals surface area contributed by atoms with Crippen LogP contribution in [0.5, 0.6) is 0 Å². The Morgan fingerprint density at radius 1 is 1.30 bits per heavy atom. The summed E-state index contributed by atoms with van der Waals surface area (Å²) in [7, 11) is 0. The minimum atomic E-state index is -0.649. The van der Waals surface area contributed by atoms with Crippen molar-refractivity contribution in [3.8, 4) is 0 Å². The van der Waals surface area contributed by atoms with Crippen molar-refractivity contribution >= 4 is 23.5 Å². The topological polar surface area (TPSA) is 88.9 Å². The van der Waals surface area contributed by atoms with Gasteiger partial charge in [-0.1, -0.05) is 13.0 Å². The van der Waals surface area contributed by atoms with Crippen LogP contribution in [-0.4, -0.2) is 26.6 Å². The molecule has 0 saturated heterocycles. The van der Waals surface area contributed by atoms with Crippen molar-refractivity contribution in [2.24, 2.45) is 0 Å². The normalized spacial score (nSPS) is 16.1. The molecule has 3 rings (SSSR count). The van der Waals surface area contributed by atoms with Crippen molar-refractivity contribution in [2.75, 3.05) is 10.6 Å². The van der Waals surface area contributed by atoms with Crippen LogP contribution in [-0.2, 0) is 16.0 Å². The highest BCUT2D eigenvalue weighted by Gasteiger charge is 2.34. The molecule has 2 N–H and O–H groups in total.